The van der Waals surface area contributed by atoms with Crippen LogP contribution in [0.3, 0.4) is 0 Å². The lowest BCUT2D eigenvalue weighted by Crippen LogP contribution is -2.50. The van der Waals surface area contributed by atoms with E-state index in [1.807, 2.05) is 35.2 Å². The van der Waals surface area contributed by atoms with Gasteiger partial charge in [0.1, 0.15) is 12.4 Å². The lowest BCUT2D eigenvalue weighted by molar-refractivity contribution is -0.133. The number of carbonyl (C=O) groups is 2. The van der Waals surface area contributed by atoms with E-state index in [0.29, 0.717) is 19.6 Å². The number of hydrogen-bond donors (Lipinski definition) is 1. The third-order valence-corrected chi connectivity index (χ3v) is 4.73. The van der Waals surface area contributed by atoms with Gasteiger partial charge in [-0.3, -0.25) is 14.5 Å². The number of ether oxygens (including phenoxy) is 1. The molecule has 1 aromatic carbocycles. The zero-order valence-electron chi connectivity index (χ0n) is 14.7. The van der Waals surface area contributed by atoms with Gasteiger partial charge in [0.2, 0.25) is 11.8 Å². The van der Waals surface area contributed by atoms with E-state index in [2.05, 4.69) is 10.2 Å². The number of hydrogen-bond acceptors (Lipinski definition) is 4. The predicted molar refractivity (Wildman–Crippen MR) is 95.3 cm³/mol. The van der Waals surface area contributed by atoms with E-state index in [-0.39, 0.29) is 17.7 Å². The summed E-state index contributed by atoms with van der Waals surface area (Å²) >= 11 is 0. The number of amides is 2. The van der Waals surface area contributed by atoms with Crippen molar-refractivity contribution in [2.45, 2.75) is 19.3 Å². The van der Waals surface area contributed by atoms with Gasteiger partial charge in [-0.1, -0.05) is 18.2 Å². The molecule has 1 N–H and O–H groups in total. The van der Waals surface area contributed by atoms with Crippen LogP contribution in [-0.2, 0) is 9.59 Å². The number of piperazine rings is 1. The fourth-order valence-corrected chi connectivity index (χ4v) is 2.97. The van der Waals surface area contributed by atoms with Crippen LogP contribution in [-0.4, -0.2) is 67.5 Å². The molecule has 0 spiro atoms. The van der Waals surface area contributed by atoms with Gasteiger partial charge in [0, 0.05) is 51.6 Å². The fraction of sp³-hybridized carbons (Fsp3) is 0.579. The maximum absolute atomic E-state index is 12.2. The molecule has 2 aliphatic rings. The highest BCUT2D eigenvalue weighted by molar-refractivity contribution is 5.82. The molecule has 0 unspecified atom stereocenters. The summed E-state index contributed by atoms with van der Waals surface area (Å²) in [5.74, 6) is 1.34. The van der Waals surface area contributed by atoms with Gasteiger partial charge < -0.3 is 15.0 Å². The topological polar surface area (TPSA) is 61.9 Å². The quantitative estimate of drug-likeness (QED) is 0.767. The van der Waals surface area contributed by atoms with E-state index in [0.717, 1.165) is 51.3 Å². The summed E-state index contributed by atoms with van der Waals surface area (Å²) in [5, 5.41) is 2.85. The van der Waals surface area contributed by atoms with Crippen molar-refractivity contribution in [1.29, 1.82) is 0 Å². The molecule has 0 aromatic heterocycles. The van der Waals surface area contributed by atoms with Gasteiger partial charge in [-0.05, 0) is 25.0 Å². The molecule has 6 heteroatoms. The Morgan fingerprint density at radius 1 is 1.08 bits per heavy atom. The zero-order valence-corrected chi connectivity index (χ0v) is 14.7. The molecule has 2 fully saturated rings. The number of nitrogens with zero attached hydrogens (tertiary/aromatic N) is 2. The van der Waals surface area contributed by atoms with Gasteiger partial charge >= 0.3 is 0 Å². The maximum atomic E-state index is 12.2. The number of nitrogens with one attached hydrogen (secondary N) is 1. The summed E-state index contributed by atoms with van der Waals surface area (Å²) in [5.41, 5.74) is 0. The molecule has 1 heterocycles. The Balaban J connectivity index is 1.27. The van der Waals surface area contributed by atoms with Gasteiger partial charge in [-0.2, -0.15) is 0 Å². The Bertz CT molecular complexity index is 567. The summed E-state index contributed by atoms with van der Waals surface area (Å²) < 4.78 is 5.72. The molecule has 136 valence electrons. The monoisotopic (exact) mass is 345 g/mol. The van der Waals surface area contributed by atoms with Crippen LogP contribution >= 0.6 is 0 Å². The molecule has 6 nitrogen and oxygen atoms in total. The van der Waals surface area contributed by atoms with Crippen LogP contribution in [0.5, 0.6) is 5.75 Å². The molecule has 3 rings (SSSR count). The molecule has 1 aliphatic carbocycles. The van der Waals surface area contributed by atoms with Crippen molar-refractivity contribution in [3.63, 3.8) is 0 Å². The molecule has 1 saturated heterocycles. The molecule has 25 heavy (non-hydrogen) atoms. The van der Waals surface area contributed by atoms with Gasteiger partial charge in [0.25, 0.3) is 0 Å². The minimum Gasteiger partial charge on any atom is -0.492 e. The van der Waals surface area contributed by atoms with Crippen LogP contribution in [0.25, 0.3) is 0 Å². The second-order valence-corrected chi connectivity index (χ2v) is 6.70. The molecule has 0 bridgehead atoms. The summed E-state index contributed by atoms with van der Waals surface area (Å²) in [7, 11) is 0. The van der Waals surface area contributed by atoms with Crippen LogP contribution < -0.4 is 10.1 Å². The second-order valence-electron chi connectivity index (χ2n) is 6.70. The van der Waals surface area contributed by atoms with Crippen molar-refractivity contribution in [2.75, 3.05) is 45.9 Å². The first-order chi connectivity index (χ1) is 12.2. The molecule has 0 atom stereocenters. The van der Waals surface area contributed by atoms with Crippen molar-refractivity contribution in [2.24, 2.45) is 5.92 Å². The van der Waals surface area contributed by atoms with Gasteiger partial charge in [-0.15, -0.1) is 0 Å². The summed E-state index contributed by atoms with van der Waals surface area (Å²) in [4.78, 5) is 28.0. The summed E-state index contributed by atoms with van der Waals surface area (Å²) in [6, 6.07) is 9.82. The largest absolute Gasteiger partial charge is 0.492 e. The predicted octanol–water partition coefficient (Wildman–Crippen LogP) is 1.13. The lowest BCUT2D eigenvalue weighted by atomic mass is 10.2. The van der Waals surface area contributed by atoms with E-state index in [1.165, 1.54) is 0 Å². The molecular formula is C19H27N3O3. The van der Waals surface area contributed by atoms with E-state index in [9.17, 15) is 9.59 Å². The summed E-state index contributed by atoms with van der Waals surface area (Å²) in [6.45, 7) is 5.23. The number of para-hydroxylation sites is 1. The smallest absolute Gasteiger partial charge is 0.224 e. The molecular weight excluding hydrogens is 318 g/mol. The van der Waals surface area contributed by atoms with Crippen molar-refractivity contribution in [1.82, 2.24) is 15.1 Å². The average Bonchev–Trinajstić information content (AvgIpc) is 3.48. The van der Waals surface area contributed by atoms with E-state index >= 15 is 0 Å². The number of rotatable bonds is 8. The SMILES string of the molecule is O=C(NCCC(=O)N1CCN(CCOc2ccccc2)CC1)C1CC1. The van der Waals surface area contributed by atoms with Crippen molar-refractivity contribution in [3.8, 4) is 5.75 Å². The van der Waals surface area contributed by atoms with Crippen LogP contribution in [0.2, 0.25) is 0 Å². The Kier molecular flexibility index (Phi) is 6.28. The molecule has 1 saturated carbocycles. The lowest BCUT2D eigenvalue weighted by Gasteiger charge is -2.34. The van der Waals surface area contributed by atoms with Crippen LogP contribution in [0.1, 0.15) is 19.3 Å². The highest BCUT2D eigenvalue weighted by atomic mass is 16.5. The Labute approximate surface area is 149 Å². The second kappa shape index (κ2) is 8.85. The minimum absolute atomic E-state index is 0.107. The van der Waals surface area contributed by atoms with Gasteiger partial charge in [-0.25, -0.2) is 0 Å². The third-order valence-electron chi connectivity index (χ3n) is 4.73. The van der Waals surface area contributed by atoms with E-state index < -0.39 is 0 Å². The van der Waals surface area contributed by atoms with Crippen LogP contribution in [0.15, 0.2) is 30.3 Å². The van der Waals surface area contributed by atoms with Gasteiger partial charge in [0.05, 0.1) is 0 Å². The first-order valence-corrected chi connectivity index (χ1v) is 9.18. The zero-order chi connectivity index (χ0) is 17.5. The van der Waals surface area contributed by atoms with Crippen LogP contribution in [0, 0.1) is 5.92 Å². The Morgan fingerprint density at radius 2 is 1.80 bits per heavy atom. The Morgan fingerprint density at radius 3 is 2.48 bits per heavy atom. The normalized spacial score (nSPS) is 18.0. The molecule has 1 aliphatic heterocycles. The first-order valence-electron chi connectivity index (χ1n) is 9.18. The van der Waals surface area contributed by atoms with Crippen molar-refractivity contribution >= 4 is 11.8 Å². The van der Waals surface area contributed by atoms with Crippen molar-refractivity contribution < 1.29 is 14.3 Å². The van der Waals surface area contributed by atoms with Crippen LogP contribution in [0.4, 0.5) is 0 Å². The fourth-order valence-electron chi connectivity index (χ4n) is 2.97. The highest BCUT2D eigenvalue weighted by Gasteiger charge is 2.29. The highest BCUT2D eigenvalue weighted by Crippen LogP contribution is 2.28. The Hall–Kier alpha value is -2.08. The average molecular weight is 345 g/mol. The minimum atomic E-state index is 0.107. The number of carbonyl (C=O) groups excluding carboxylic acids is 2. The molecule has 2 amide bonds. The van der Waals surface area contributed by atoms with Crippen molar-refractivity contribution in [3.05, 3.63) is 30.3 Å². The number of benzene rings is 1. The van der Waals surface area contributed by atoms with E-state index in [4.69, 9.17) is 4.74 Å². The summed E-state index contributed by atoms with van der Waals surface area (Å²) in [6.07, 6.45) is 2.39. The molecule has 0 radical (unpaired) electrons. The first kappa shape index (κ1) is 17.7. The maximum Gasteiger partial charge on any atom is 0.224 e. The van der Waals surface area contributed by atoms with E-state index in [1.54, 1.807) is 0 Å². The standard InChI is InChI=1S/C19H27N3O3/c23-18(8-9-20-19(24)16-6-7-16)22-12-10-21(11-13-22)14-15-25-17-4-2-1-3-5-17/h1-5,16H,6-15H2,(H,20,24). The van der Waals surface area contributed by atoms with Gasteiger partial charge in [0.15, 0.2) is 0 Å². The molecule has 1 aromatic rings. The third kappa shape index (κ3) is 5.74.